The molecule has 154 valence electrons. The second-order valence-corrected chi connectivity index (χ2v) is 6.70. The number of rotatable bonds is 6. The number of aromatic nitrogens is 3. The van der Waals surface area contributed by atoms with Gasteiger partial charge in [0.25, 0.3) is 0 Å². The van der Waals surface area contributed by atoms with Gasteiger partial charge in [-0.1, -0.05) is 6.07 Å². The predicted octanol–water partition coefficient (Wildman–Crippen LogP) is 4.55. The number of carbonyl (C=O) groups is 1. The van der Waals surface area contributed by atoms with Crippen molar-refractivity contribution in [1.29, 1.82) is 0 Å². The number of fused-ring (bicyclic) bond motifs is 1. The zero-order chi connectivity index (χ0) is 21.3. The molecule has 0 aliphatic heterocycles. The first kappa shape index (κ1) is 19.6. The van der Waals surface area contributed by atoms with E-state index in [0.29, 0.717) is 17.1 Å². The number of hydrogen-bond donors (Lipinski definition) is 1. The molecule has 0 aliphatic rings. The molecule has 0 saturated heterocycles. The Morgan fingerprint density at radius 3 is 2.83 bits per heavy atom. The van der Waals surface area contributed by atoms with Gasteiger partial charge >= 0.3 is 6.61 Å². The minimum absolute atomic E-state index is 0.108. The average Bonchev–Trinajstić information content (AvgIpc) is 3.33. The lowest BCUT2D eigenvalue weighted by Crippen LogP contribution is -2.20. The summed E-state index contributed by atoms with van der Waals surface area (Å²) in [5.74, 6) is 0.112. The molecular formula is C21H18F2N4O3. The Bertz CT molecular complexity index is 1200. The van der Waals surface area contributed by atoms with Crippen LogP contribution in [0.1, 0.15) is 11.3 Å². The number of pyridine rings is 1. The SMILES string of the molecule is Cc1ccc(OC(F)F)c(NC(=O)Cn2nc(C)c3c(-c4ccco4)ccnc32)c1. The van der Waals surface area contributed by atoms with Crippen molar-refractivity contribution in [2.75, 3.05) is 5.32 Å². The second kappa shape index (κ2) is 7.94. The highest BCUT2D eigenvalue weighted by Crippen LogP contribution is 2.30. The van der Waals surface area contributed by atoms with E-state index in [9.17, 15) is 13.6 Å². The smallest absolute Gasteiger partial charge is 0.387 e. The maximum Gasteiger partial charge on any atom is 0.387 e. The fourth-order valence-electron chi connectivity index (χ4n) is 3.29. The number of ether oxygens (including phenoxy) is 1. The minimum atomic E-state index is -3.00. The van der Waals surface area contributed by atoms with Crippen LogP contribution in [0.4, 0.5) is 14.5 Å². The van der Waals surface area contributed by atoms with Crippen molar-refractivity contribution in [3.63, 3.8) is 0 Å². The van der Waals surface area contributed by atoms with E-state index in [0.717, 1.165) is 16.5 Å². The molecule has 1 amide bonds. The molecule has 1 aromatic carbocycles. The number of nitrogens with one attached hydrogen (secondary N) is 1. The maximum absolute atomic E-state index is 12.7. The molecule has 0 radical (unpaired) electrons. The van der Waals surface area contributed by atoms with Gasteiger partial charge in [-0.25, -0.2) is 9.67 Å². The molecule has 3 heterocycles. The van der Waals surface area contributed by atoms with E-state index in [1.54, 1.807) is 37.6 Å². The quantitative estimate of drug-likeness (QED) is 0.503. The van der Waals surface area contributed by atoms with Gasteiger partial charge in [0.2, 0.25) is 5.91 Å². The number of hydrogen-bond acceptors (Lipinski definition) is 5. The molecule has 0 unspecified atom stereocenters. The van der Waals surface area contributed by atoms with E-state index in [-0.39, 0.29) is 18.0 Å². The number of furan rings is 1. The Morgan fingerprint density at radius 1 is 1.27 bits per heavy atom. The summed E-state index contributed by atoms with van der Waals surface area (Å²) >= 11 is 0. The number of anilines is 1. The molecule has 3 aromatic heterocycles. The monoisotopic (exact) mass is 412 g/mol. The van der Waals surface area contributed by atoms with Gasteiger partial charge in [-0.2, -0.15) is 13.9 Å². The number of benzene rings is 1. The molecular weight excluding hydrogens is 394 g/mol. The van der Waals surface area contributed by atoms with Crippen LogP contribution in [-0.2, 0) is 11.3 Å². The molecule has 7 nitrogen and oxygen atoms in total. The Morgan fingerprint density at radius 2 is 2.10 bits per heavy atom. The first-order valence-electron chi connectivity index (χ1n) is 9.13. The van der Waals surface area contributed by atoms with Crippen LogP contribution in [0.15, 0.2) is 53.3 Å². The zero-order valence-electron chi connectivity index (χ0n) is 16.2. The standard InChI is InChI=1S/C21H18F2N4O3/c1-12-5-6-17(30-21(22)23)15(10-12)25-18(28)11-27-20-19(13(2)26-27)14(7-8-24-20)16-4-3-9-29-16/h3-10,21H,11H2,1-2H3,(H,25,28). The van der Waals surface area contributed by atoms with Crippen molar-refractivity contribution in [2.45, 2.75) is 27.0 Å². The Hall–Kier alpha value is -3.75. The van der Waals surface area contributed by atoms with Gasteiger partial charge in [0.05, 0.1) is 23.0 Å². The van der Waals surface area contributed by atoms with Crippen LogP contribution in [0.25, 0.3) is 22.4 Å². The topological polar surface area (TPSA) is 82.2 Å². The van der Waals surface area contributed by atoms with E-state index < -0.39 is 12.5 Å². The summed E-state index contributed by atoms with van der Waals surface area (Å²) in [4.78, 5) is 17.0. The van der Waals surface area contributed by atoms with Crippen LogP contribution >= 0.6 is 0 Å². The molecule has 0 atom stereocenters. The van der Waals surface area contributed by atoms with E-state index in [4.69, 9.17) is 4.42 Å². The Labute approximate surface area is 170 Å². The molecule has 0 saturated carbocycles. The van der Waals surface area contributed by atoms with Crippen molar-refractivity contribution in [1.82, 2.24) is 14.8 Å². The lowest BCUT2D eigenvalue weighted by molar-refractivity contribution is -0.116. The van der Waals surface area contributed by atoms with E-state index in [1.807, 2.05) is 19.1 Å². The Kier molecular flexibility index (Phi) is 5.18. The van der Waals surface area contributed by atoms with Gasteiger partial charge in [-0.3, -0.25) is 4.79 Å². The summed E-state index contributed by atoms with van der Waals surface area (Å²) in [7, 11) is 0. The first-order valence-corrected chi connectivity index (χ1v) is 9.13. The van der Waals surface area contributed by atoms with Crippen molar-refractivity contribution >= 4 is 22.6 Å². The van der Waals surface area contributed by atoms with Crippen LogP contribution in [0, 0.1) is 13.8 Å². The third-order valence-electron chi connectivity index (χ3n) is 4.51. The number of amides is 1. The van der Waals surface area contributed by atoms with Gasteiger partial charge in [0.1, 0.15) is 18.1 Å². The summed E-state index contributed by atoms with van der Waals surface area (Å²) < 4.78 is 36.8. The number of carbonyl (C=O) groups excluding carboxylic acids is 1. The molecule has 1 N–H and O–H groups in total. The van der Waals surface area contributed by atoms with Gasteiger partial charge in [-0.15, -0.1) is 0 Å². The van der Waals surface area contributed by atoms with E-state index >= 15 is 0 Å². The molecule has 0 spiro atoms. The lowest BCUT2D eigenvalue weighted by Gasteiger charge is -2.13. The second-order valence-electron chi connectivity index (χ2n) is 6.70. The van der Waals surface area contributed by atoms with E-state index in [2.05, 4.69) is 20.1 Å². The normalized spacial score (nSPS) is 11.2. The molecule has 4 aromatic rings. The molecule has 9 heteroatoms. The van der Waals surface area contributed by atoms with E-state index in [1.165, 1.54) is 10.7 Å². The summed E-state index contributed by atoms with van der Waals surface area (Å²) in [6.45, 7) is 0.457. The number of halogens is 2. The minimum Gasteiger partial charge on any atom is -0.464 e. The molecule has 0 bridgehead atoms. The van der Waals surface area contributed by atoms with Crippen LogP contribution in [0.3, 0.4) is 0 Å². The van der Waals surface area contributed by atoms with Crippen molar-refractivity contribution < 1.29 is 22.7 Å². The van der Waals surface area contributed by atoms with Gasteiger partial charge in [-0.05, 0) is 49.7 Å². The van der Waals surface area contributed by atoms with Gasteiger partial charge in [0, 0.05) is 11.8 Å². The van der Waals surface area contributed by atoms with Crippen LogP contribution in [0.5, 0.6) is 5.75 Å². The predicted molar refractivity (Wildman–Crippen MR) is 106 cm³/mol. The largest absolute Gasteiger partial charge is 0.464 e. The number of alkyl halides is 2. The highest BCUT2D eigenvalue weighted by atomic mass is 19.3. The molecule has 0 fully saturated rings. The average molecular weight is 412 g/mol. The lowest BCUT2D eigenvalue weighted by atomic mass is 10.1. The summed E-state index contributed by atoms with van der Waals surface area (Å²) in [6, 6.07) is 10.0. The van der Waals surface area contributed by atoms with Crippen molar-refractivity contribution in [3.05, 3.63) is 60.1 Å². The summed E-state index contributed by atoms with van der Waals surface area (Å²) in [6.07, 6.45) is 3.19. The molecule has 4 rings (SSSR count). The van der Waals surface area contributed by atoms with Crippen LogP contribution in [-0.4, -0.2) is 27.3 Å². The third kappa shape index (κ3) is 3.86. The highest BCUT2D eigenvalue weighted by molar-refractivity contribution is 5.96. The number of nitrogens with zero attached hydrogens (tertiary/aromatic N) is 3. The molecule has 30 heavy (non-hydrogen) atoms. The fourth-order valence-corrected chi connectivity index (χ4v) is 3.29. The van der Waals surface area contributed by atoms with Crippen LogP contribution in [0.2, 0.25) is 0 Å². The third-order valence-corrected chi connectivity index (χ3v) is 4.51. The Balaban J connectivity index is 1.62. The fraction of sp³-hybridized carbons (Fsp3) is 0.190. The summed E-state index contributed by atoms with van der Waals surface area (Å²) in [5.41, 5.74) is 2.98. The van der Waals surface area contributed by atoms with Crippen molar-refractivity contribution in [2.24, 2.45) is 0 Å². The summed E-state index contributed by atoms with van der Waals surface area (Å²) in [5, 5.41) is 7.82. The van der Waals surface area contributed by atoms with Gasteiger partial charge in [0.15, 0.2) is 5.65 Å². The zero-order valence-corrected chi connectivity index (χ0v) is 16.2. The van der Waals surface area contributed by atoms with Crippen LogP contribution < -0.4 is 10.1 Å². The molecule has 0 aliphatic carbocycles. The number of aryl methyl sites for hydroxylation is 2. The highest BCUT2D eigenvalue weighted by Gasteiger charge is 2.18. The maximum atomic E-state index is 12.7. The van der Waals surface area contributed by atoms with Crippen molar-refractivity contribution in [3.8, 4) is 17.1 Å². The first-order chi connectivity index (χ1) is 14.4. The van der Waals surface area contributed by atoms with Gasteiger partial charge < -0.3 is 14.5 Å².